The number of amides is 1. The molecule has 0 bridgehead atoms. The number of hydrogen-bond donors (Lipinski definition) is 2. The molecule has 4 heteroatoms. The second-order valence-electron chi connectivity index (χ2n) is 4.79. The molecular weight excluding hydrogens is 230 g/mol. The van der Waals surface area contributed by atoms with E-state index in [9.17, 15) is 15.0 Å². The van der Waals surface area contributed by atoms with Crippen LogP contribution in [-0.4, -0.2) is 33.8 Å². The monoisotopic (exact) mass is 245 g/mol. The summed E-state index contributed by atoms with van der Waals surface area (Å²) in [6, 6.07) is 7.55. The fourth-order valence-corrected chi connectivity index (χ4v) is 2.98. The molecular formula is C14H15NO3. The second-order valence-corrected chi connectivity index (χ2v) is 4.79. The van der Waals surface area contributed by atoms with Crippen molar-refractivity contribution < 1.29 is 15.0 Å². The van der Waals surface area contributed by atoms with Crippen LogP contribution in [0.25, 0.3) is 5.57 Å². The minimum Gasteiger partial charge on any atom is -0.465 e. The van der Waals surface area contributed by atoms with Gasteiger partial charge in [-0.15, -0.1) is 0 Å². The Bertz CT molecular complexity index is 524. The van der Waals surface area contributed by atoms with Crippen LogP contribution < -0.4 is 0 Å². The number of aliphatic hydroxyl groups is 1. The summed E-state index contributed by atoms with van der Waals surface area (Å²) in [5.74, 6) is 0. The van der Waals surface area contributed by atoms with Gasteiger partial charge in [-0.2, -0.15) is 0 Å². The van der Waals surface area contributed by atoms with E-state index >= 15 is 0 Å². The Balaban J connectivity index is 1.99. The zero-order valence-electron chi connectivity index (χ0n) is 9.91. The molecule has 2 aliphatic rings. The molecule has 2 N–H and O–H groups in total. The van der Waals surface area contributed by atoms with E-state index in [1.807, 2.05) is 24.3 Å². The SMILES string of the molecule is O=C(O)N1CCCC1C1=CC(O)c2ccccc21. The smallest absolute Gasteiger partial charge is 0.407 e. The van der Waals surface area contributed by atoms with E-state index < -0.39 is 12.2 Å². The van der Waals surface area contributed by atoms with Gasteiger partial charge in [0.2, 0.25) is 0 Å². The third kappa shape index (κ3) is 1.61. The van der Waals surface area contributed by atoms with Crippen LogP contribution in [-0.2, 0) is 0 Å². The zero-order chi connectivity index (χ0) is 12.7. The molecule has 1 aliphatic heterocycles. The Hall–Kier alpha value is -1.81. The molecule has 2 unspecified atom stereocenters. The Labute approximate surface area is 105 Å². The van der Waals surface area contributed by atoms with Crippen LogP contribution in [0.3, 0.4) is 0 Å². The summed E-state index contributed by atoms with van der Waals surface area (Å²) in [7, 11) is 0. The number of hydrogen-bond acceptors (Lipinski definition) is 2. The van der Waals surface area contributed by atoms with Crippen molar-refractivity contribution in [2.45, 2.75) is 25.0 Å². The third-order valence-corrected chi connectivity index (χ3v) is 3.79. The van der Waals surface area contributed by atoms with Gasteiger partial charge in [-0.3, -0.25) is 0 Å². The molecule has 1 aromatic rings. The first kappa shape index (κ1) is 11.3. The molecule has 1 fully saturated rings. The maximum atomic E-state index is 11.2. The average molecular weight is 245 g/mol. The van der Waals surface area contributed by atoms with Crippen LogP contribution in [0, 0.1) is 0 Å². The predicted molar refractivity (Wildman–Crippen MR) is 67.1 cm³/mol. The number of nitrogens with zero attached hydrogens (tertiary/aromatic N) is 1. The van der Waals surface area contributed by atoms with Crippen LogP contribution in [0.4, 0.5) is 4.79 Å². The van der Waals surface area contributed by atoms with Gasteiger partial charge in [0.15, 0.2) is 0 Å². The summed E-state index contributed by atoms with van der Waals surface area (Å²) in [6.07, 6.45) is 2.02. The first-order valence-electron chi connectivity index (χ1n) is 6.17. The standard InChI is InChI=1S/C14H15NO3/c16-13-8-11(9-4-1-2-5-10(9)13)12-6-3-7-15(12)14(17)18/h1-2,4-5,8,12-13,16H,3,6-7H2,(H,17,18). The van der Waals surface area contributed by atoms with E-state index in [1.54, 1.807) is 6.08 Å². The number of carboxylic acid groups (broad SMARTS) is 1. The van der Waals surface area contributed by atoms with Gasteiger partial charge >= 0.3 is 6.09 Å². The minimum atomic E-state index is -0.878. The number of benzene rings is 1. The van der Waals surface area contributed by atoms with Crippen molar-refractivity contribution in [1.29, 1.82) is 0 Å². The number of rotatable bonds is 1. The Morgan fingerprint density at radius 1 is 1.33 bits per heavy atom. The van der Waals surface area contributed by atoms with Gasteiger partial charge in [-0.25, -0.2) is 4.79 Å². The maximum absolute atomic E-state index is 11.2. The van der Waals surface area contributed by atoms with Crippen molar-refractivity contribution >= 4 is 11.7 Å². The molecule has 1 aromatic carbocycles. The van der Waals surface area contributed by atoms with Crippen LogP contribution in [0.2, 0.25) is 0 Å². The lowest BCUT2D eigenvalue weighted by atomic mass is 9.98. The van der Waals surface area contributed by atoms with E-state index in [4.69, 9.17) is 0 Å². The Morgan fingerprint density at radius 3 is 2.89 bits per heavy atom. The largest absolute Gasteiger partial charge is 0.465 e. The van der Waals surface area contributed by atoms with Crippen molar-refractivity contribution in [2.75, 3.05) is 6.54 Å². The van der Waals surface area contributed by atoms with E-state index in [-0.39, 0.29) is 6.04 Å². The summed E-state index contributed by atoms with van der Waals surface area (Å²) in [6.45, 7) is 0.579. The molecule has 1 saturated heterocycles. The first-order chi connectivity index (χ1) is 8.68. The molecule has 4 nitrogen and oxygen atoms in total. The third-order valence-electron chi connectivity index (χ3n) is 3.79. The summed E-state index contributed by atoms with van der Waals surface area (Å²) in [5, 5.41) is 19.2. The molecule has 1 aliphatic carbocycles. The van der Waals surface area contributed by atoms with Crippen LogP contribution in [0.15, 0.2) is 30.3 Å². The van der Waals surface area contributed by atoms with Gasteiger partial charge in [0.05, 0.1) is 12.1 Å². The van der Waals surface area contributed by atoms with Gasteiger partial charge in [0.1, 0.15) is 0 Å². The summed E-state index contributed by atoms with van der Waals surface area (Å²) in [4.78, 5) is 12.7. The molecule has 0 spiro atoms. The molecule has 0 saturated carbocycles. The molecule has 18 heavy (non-hydrogen) atoms. The second kappa shape index (κ2) is 4.14. The highest BCUT2D eigenvalue weighted by Crippen LogP contribution is 2.40. The lowest BCUT2D eigenvalue weighted by Crippen LogP contribution is -2.34. The Morgan fingerprint density at radius 2 is 2.11 bits per heavy atom. The molecule has 1 heterocycles. The van der Waals surface area contributed by atoms with E-state index in [2.05, 4.69) is 0 Å². The van der Waals surface area contributed by atoms with Crippen molar-refractivity contribution in [3.8, 4) is 0 Å². The van der Waals surface area contributed by atoms with Gasteiger partial charge < -0.3 is 15.1 Å². The van der Waals surface area contributed by atoms with Gasteiger partial charge in [-0.05, 0) is 35.6 Å². The highest BCUT2D eigenvalue weighted by Gasteiger charge is 2.35. The van der Waals surface area contributed by atoms with Gasteiger partial charge in [-0.1, -0.05) is 24.3 Å². The van der Waals surface area contributed by atoms with E-state index in [0.717, 1.165) is 29.5 Å². The fourth-order valence-electron chi connectivity index (χ4n) is 2.98. The summed E-state index contributed by atoms with van der Waals surface area (Å²) < 4.78 is 0. The van der Waals surface area contributed by atoms with Crippen LogP contribution in [0.1, 0.15) is 30.1 Å². The molecule has 3 rings (SSSR count). The minimum absolute atomic E-state index is 0.110. The Kier molecular flexibility index (Phi) is 2.59. The van der Waals surface area contributed by atoms with Crippen molar-refractivity contribution in [1.82, 2.24) is 4.90 Å². The average Bonchev–Trinajstić information content (AvgIpc) is 2.95. The number of aliphatic hydroxyl groups excluding tert-OH is 1. The predicted octanol–water partition coefficient (Wildman–Crippen LogP) is 2.26. The fraction of sp³-hybridized carbons (Fsp3) is 0.357. The van der Waals surface area contributed by atoms with Crippen molar-refractivity contribution in [3.05, 3.63) is 41.5 Å². The van der Waals surface area contributed by atoms with E-state index in [0.29, 0.717) is 6.54 Å². The zero-order valence-corrected chi connectivity index (χ0v) is 9.91. The number of carbonyl (C=O) groups is 1. The normalized spacial score (nSPS) is 26.1. The lowest BCUT2D eigenvalue weighted by molar-refractivity contribution is 0.148. The van der Waals surface area contributed by atoms with Crippen molar-refractivity contribution in [3.63, 3.8) is 0 Å². The number of likely N-dealkylation sites (tertiary alicyclic amines) is 1. The van der Waals surface area contributed by atoms with E-state index in [1.165, 1.54) is 4.90 Å². The number of fused-ring (bicyclic) bond motifs is 1. The summed E-state index contributed by atoms with van der Waals surface area (Å²) >= 11 is 0. The van der Waals surface area contributed by atoms with Gasteiger partial charge in [0.25, 0.3) is 0 Å². The van der Waals surface area contributed by atoms with Crippen LogP contribution >= 0.6 is 0 Å². The maximum Gasteiger partial charge on any atom is 0.407 e. The first-order valence-corrected chi connectivity index (χ1v) is 6.17. The van der Waals surface area contributed by atoms with Crippen molar-refractivity contribution in [2.24, 2.45) is 0 Å². The topological polar surface area (TPSA) is 60.8 Å². The molecule has 2 atom stereocenters. The van der Waals surface area contributed by atoms with Crippen LogP contribution in [0.5, 0.6) is 0 Å². The molecule has 94 valence electrons. The summed E-state index contributed by atoms with van der Waals surface area (Å²) in [5.41, 5.74) is 2.82. The highest BCUT2D eigenvalue weighted by molar-refractivity contribution is 5.80. The molecule has 0 radical (unpaired) electrons. The lowest BCUT2D eigenvalue weighted by Gasteiger charge is -2.23. The highest BCUT2D eigenvalue weighted by atomic mass is 16.4. The molecule has 1 amide bonds. The van der Waals surface area contributed by atoms with Gasteiger partial charge in [0, 0.05) is 6.54 Å². The molecule has 0 aromatic heterocycles. The quantitative estimate of drug-likeness (QED) is 0.797.